The first-order chi connectivity index (χ1) is 10.1. The molecule has 0 atom stereocenters. The van der Waals surface area contributed by atoms with Crippen molar-refractivity contribution in [2.45, 2.75) is 0 Å². The first-order valence-corrected chi connectivity index (χ1v) is 6.73. The molecule has 0 saturated carbocycles. The van der Waals surface area contributed by atoms with Crippen LogP contribution in [0.1, 0.15) is 10.4 Å². The summed E-state index contributed by atoms with van der Waals surface area (Å²) in [6.45, 7) is 0. The number of nitrogens with zero attached hydrogens (tertiary/aromatic N) is 2. The Hall–Kier alpha value is -2.85. The average molecular weight is 301 g/mol. The first-order valence-electron chi connectivity index (χ1n) is 5.85. The number of rotatable bonds is 4. The van der Waals surface area contributed by atoms with Gasteiger partial charge >= 0.3 is 5.69 Å². The van der Waals surface area contributed by atoms with Crippen LogP contribution in [0, 0.1) is 21.4 Å². The number of hydrogen-bond donors (Lipinski definition) is 1. The van der Waals surface area contributed by atoms with Crippen molar-refractivity contribution in [3.05, 3.63) is 56.3 Å². The van der Waals surface area contributed by atoms with E-state index in [1.807, 2.05) is 11.4 Å². The maximum absolute atomic E-state index is 11.0. The number of nitrogens with two attached hydrogens (primary N) is 1. The summed E-state index contributed by atoms with van der Waals surface area (Å²) in [7, 11) is 1.33. The number of methoxy groups -OCH3 is 1. The van der Waals surface area contributed by atoms with E-state index in [4.69, 9.17) is 10.5 Å². The Bertz CT molecular complexity index is 745. The van der Waals surface area contributed by atoms with E-state index in [-0.39, 0.29) is 22.7 Å². The number of nitriles is 1. The Kier molecular flexibility index (Phi) is 4.21. The second-order valence-electron chi connectivity index (χ2n) is 3.99. The van der Waals surface area contributed by atoms with Gasteiger partial charge in [0.25, 0.3) is 0 Å². The van der Waals surface area contributed by atoms with Gasteiger partial charge in [-0.1, -0.05) is 12.1 Å². The van der Waals surface area contributed by atoms with Gasteiger partial charge in [0.15, 0.2) is 0 Å². The Balaban J connectivity index is 2.69. The molecule has 6 nitrogen and oxygen atoms in total. The van der Waals surface area contributed by atoms with E-state index in [2.05, 4.69) is 0 Å². The lowest BCUT2D eigenvalue weighted by Gasteiger charge is -2.10. The van der Waals surface area contributed by atoms with Crippen LogP contribution in [-0.4, -0.2) is 12.0 Å². The third-order valence-corrected chi connectivity index (χ3v) is 3.72. The topological polar surface area (TPSA) is 102 Å². The van der Waals surface area contributed by atoms with Gasteiger partial charge in [0.05, 0.1) is 23.3 Å². The van der Waals surface area contributed by atoms with E-state index >= 15 is 0 Å². The molecule has 0 aliphatic carbocycles. The second kappa shape index (κ2) is 6.07. The normalized spacial score (nSPS) is 11.4. The van der Waals surface area contributed by atoms with E-state index in [9.17, 15) is 15.4 Å². The Labute approximate surface area is 124 Å². The Morgan fingerprint density at radius 2 is 2.19 bits per heavy atom. The van der Waals surface area contributed by atoms with Crippen LogP contribution >= 0.6 is 11.3 Å². The van der Waals surface area contributed by atoms with Crippen molar-refractivity contribution in [1.82, 2.24) is 0 Å². The summed E-state index contributed by atoms with van der Waals surface area (Å²) in [4.78, 5) is 11.2. The fourth-order valence-corrected chi connectivity index (χ4v) is 2.63. The smallest absolute Gasteiger partial charge is 0.311 e. The third kappa shape index (κ3) is 2.70. The highest BCUT2D eigenvalue weighted by atomic mass is 32.1. The van der Waals surface area contributed by atoms with Crippen molar-refractivity contribution in [2.24, 2.45) is 5.73 Å². The fourth-order valence-electron chi connectivity index (χ4n) is 1.90. The van der Waals surface area contributed by atoms with Crippen LogP contribution in [0.5, 0.6) is 5.75 Å². The summed E-state index contributed by atoms with van der Waals surface area (Å²) in [5.41, 5.74) is 6.61. The maximum Gasteiger partial charge on any atom is 0.311 e. The number of hydrogen-bond acceptors (Lipinski definition) is 6. The van der Waals surface area contributed by atoms with E-state index in [0.29, 0.717) is 10.4 Å². The van der Waals surface area contributed by atoms with Gasteiger partial charge < -0.3 is 10.5 Å². The minimum atomic E-state index is -0.549. The van der Waals surface area contributed by atoms with Crippen molar-refractivity contribution < 1.29 is 9.66 Å². The van der Waals surface area contributed by atoms with Gasteiger partial charge in [0.1, 0.15) is 6.07 Å². The molecule has 1 aromatic heterocycles. The standard InChI is InChI=1S/C14H11N3O3S/c1-20-14-9(4-2-5-11(14)17(18)19)13(16)10(8-15)12-6-3-7-21-12/h2-7H,16H2,1H3/b13-10+. The van der Waals surface area contributed by atoms with Crippen LogP contribution in [0.4, 0.5) is 5.69 Å². The minimum absolute atomic E-state index is 0.0457. The van der Waals surface area contributed by atoms with E-state index < -0.39 is 4.92 Å². The predicted molar refractivity (Wildman–Crippen MR) is 80.6 cm³/mol. The van der Waals surface area contributed by atoms with Gasteiger partial charge in [-0.25, -0.2) is 0 Å². The van der Waals surface area contributed by atoms with E-state index in [1.165, 1.54) is 30.6 Å². The third-order valence-electron chi connectivity index (χ3n) is 2.83. The molecule has 2 rings (SSSR count). The molecule has 21 heavy (non-hydrogen) atoms. The van der Waals surface area contributed by atoms with E-state index in [1.54, 1.807) is 18.2 Å². The lowest BCUT2D eigenvalue weighted by molar-refractivity contribution is -0.385. The molecule has 0 fully saturated rings. The Morgan fingerprint density at radius 1 is 1.43 bits per heavy atom. The summed E-state index contributed by atoms with van der Waals surface area (Å²) in [5, 5.41) is 22.2. The summed E-state index contributed by atoms with van der Waals surface area (Å²) < 4.78 is 5.11. The van der Waals surface area contributed by atoms with Crippen LogP contribution in [0.15, 0.2) is 35.7 Å². The average Bonchev–Trinajstić information content (AvgIpc) is 3.00. The number of para-hydroxylation sites is 1. The van der Waals surface area contributed by atoms with Crippen molar-refractivity contribution in [3.8, 4) is 11.8 Å². The Morgan fingerprint density at radius 3 is 2.71 bits per heavy atom. The molecule has 0 aliphatic heterocycles. The highest BCUT2D eigenvalue weighted by Crippen LogP contribution is 2.36. The number of benzene rings is 1. The monoisotopic (exact) mass is 301 g/mol. The molecule has 0 amide bonds. The highest BCUT2D eigenvalue weighted by Gasteiger charge is 2.21. The molecule has 7 heteroatoms. The van der Waals surface area contributed by atoms with Gasteiger partial charge in [0.2, 0.25) is 5.75 Å². The molecule has 1 heterocycles. The van der Waals surface area contributed by atoms with Crippen molar-refractivity contribution in [2.75, 3.05) is 7.11 Å². The van der Waals surface area contributed by atoms with Crippen LogP contribution in [0.3, 0.4) is 0 Å². The van der Waals surface area contributed by atoms with Crippen LogP contribution in [0.2, 0.25) is 0 Å². The van der Waals surface area contributed by atoms with Gasteiger partial charge in [-0.15, -0.1) is 11.3 Å². The molecule has 2 aromatic rings. The summed E-state index contributed by atoms with van der Waals surface area (Å²) >= 11 is 1.37. The number of nitro groups is 1. The molecular formula is C14H11N3O3S. The van der Waals surface area contributed by atoms with Crippen molar-refractivity contribution >= 4 is 28.3 Å². The second-order valence-corrected chi connectivity index (χ2v) is 4.94. The molecule has 106 valence electrons. The van der Waals surface area contributed by atoms with Crippen LogP contribution < -0.4 is 10.5 Å². The number of allylic oxidation sites excluding steroid dienone is 1. The SMILES string of the molecule is COc1c(/C(N)=C(/C#N)c2cccs2)cccc1[N+](=O)[O-]. The maximum atomic E-state index is 11.0. The fraction of sp³-hybridized carbons (Fsp3) is 0.0714. The lowest BCUT2D eigenvalue weighted by atomic mass is 10.0. The van der Waals surface area contributed by atoms with Gasteiger partial charge in [-0.05, 0) is 17.5 Å². The van der Waals surface area contributed by atoms with Crippen LogP contribution in [-0.2, 0) is 0 Å². The molecule has 0 unspecified atom stereocenters. The first kappa shape index (κ1) is 14.6. The molecule has 0 spiro atoms. The molecule has 1 aromatic carbocycles. The summed E-state index contributed by atoms with van der Waals surface area (Å²) in [6, 6.07) is 10.0. The molecule has 2 N–H and O–H groups in total. The molecule has 0 saturated heterocycles. The zero-order chi connectivity index (χ0) is 15.4. The number of ether oxygens (including phenoxy) is 1. The lowest BCUT2D eigenvalue weighted by Crippen LogP contribution is -2.04. The predicted octanol–water partition coefficient (Wildman–Crippen LogP) is 3.02. The van der Waals surface area contributed by atoms with Crippen LogP contribution in [0.25, 0.3) is 11.3 Å². The van der Waals surface area contributed by atoms with Gasteiger partial charge in [0, 0.05) is 16.5 Å². The molecule has 0 radical (unpaired) electrons. The highest BCUT2D eigenvalue weighted by molar-refractivity contribution is 7.11. The zero-order valence-corrected chi connectivity index (χ0v) is 11.9. The molecular weight excluding hydrogens is 290 g/mol. The number of nitro benzene ring substituents is 1. The van der Waals surface area contributed by atoms with Gasteiger partial charge in [-0.3, -0.25) is 10.1 Å². The van der Waals surface area contributed by atoms with Crippen molar-refractivity contribution in [1.29, 1.82) is 5.26 Å². The zero-order valence-electron chi connectivity index (χ0n) is 11.1. The number of thiophene rings is 1. The molecule has 0 bridgehead atoms. The molecule has 0 aliphatic rings. The van der Waals surface area contributed by atoms with Crippen molar-refractivity contribution in [3.63, 3.8) is 0 Å². The minimum Gasteiger partial charge on any atom is -0.490 e. The van der Waals surface area contributed by atoms with Gasteiger partial charge in [-0.2, -0.15) is 5.26 Å². The summed E-state index contributed by atoms with van der Waals surface area (Å²) in [6.07, 6.45) is 0. The van der Waals surface area contributed by atoms with E-state index in [0.717, 1.165) is 0 Å². The summed E-state index contributed by atoms with van der Waals surface area (Å²) in [5.74, 6) is 0.0457. The largest absolute Gasteiger partial charge is 0.490 e. The quantitative estimate of drug-likeness (QED) is 0.531.